The average Bonchev–Trinajstić information content (AvgIpc) is 3.60. The smallest absolute Gasteiger partial charge is 0.257 e. The molecule has 37 heavy (non-hydrogen) atoms. The Balaban J connectivity index is 1.37. The third kappa shape index (κ3) is 5.70. The maximum absolute atomic E-state index is 14.5. The normalized spacial score (nSPS) is 18.9. The number of thiophene rings is 1. The van der Waals surface area contributed by atoms with Gasteiger partial charge in [0, 0.05) is 24.6 Å². The summed E-state index contributed by atoms with van der Waals surface area (Å²) in [4.78, 5) is 31.7. The number of ether oxygens (including phenoxy) is 2. The number of hydrogen-bond acceptors (Lipinski definition) is 5. The molecular formula is C29H31FN2O4S. The number of aryl methyl sites for hydroxylation is 1. The topological polar surface area (TPSA) is 59.1 Å². The van der Waals surface area contributed by atoms with Crippen molar-refractivity contribution in [1.82, 2.24) is 9.80 Å². The first kappa shape index (κ1) is 25.4. The molecule has 2 aromatic carbocycles. The molecule has 5 rings (SSSR count). The SMILES string of the molecule is Cc1ccccc1OC[C@H]1c2ccsc2CCN1C(=O)CN(C[C@@H]1CCCO1)C(=O)c1ccccc1F. The second kappa shape index (κ2) is 11.4. The Bertz CT molecular complexity index is 1260. The van der Waals surface area contributed by atoms with Crippen LogP contribution in [0.4, 0.5) is 4.39 Å². The molecule has 1 saturated heterocycles. The Morgan fingerprint density at radius 3 is 2.76 bits per heavy atom. The standard InChI is InChI=1S/C29H31FN2O4S/c1-20-7-2-5-11-26(20)36-19-25-23-13-16-37-27(23)12-14-32(25)28(33)18-31(17-21-8-6-15-35-21)29(34)22-9-3-4-10-24(22)30/h2-5,7,9-11,13,16,21,25H,6,8,12,14-15,17-19H2,1H3/t21-,25-/m0/s1. The van der Waals surface area contributed by atoms with Crippen molar-refractivity contribution in [2.24, 2.45) is 0 Å². The second-order valence-corrected chi connectivity index (χ2v) is 10.5. The minimum atomic E-state index is -0.595. The zero-order valence-corrected chi connectivity index (χ0v) is 21.7. The molecule has 2 amide bonds. The molecule has 1 fully saturated rings. The Kier molecular flexibility index (Phi) is 7.86. The van der Waals surface area contributed by atoms with E-state index in [0.29, 0.717) is 19.8 Å². The summed E-state index contributed by atoms with van der Waals surface area (Å²) in [6, 6.07) is 15.5. The van der Waals surface area contributed by atoms with Crippen molar-refractivity contribution < 1.29 is 23.5 Å². The fraction of sp³-hybridized carbons (Fsp3) is 0.379. The first-order valence-corrected chi connectivity index (χ1v) is 13.6. The minimum Gasteiger partial charge on any atom is -0.491 e. The van der Waals surface area contributed by atoms with Gasteiger partial charge in [-0.25, -0.2) is 4.39 Å². The van der Waals surface area contributed by atoms with E-state index in [1.807, 2.05) is 41.5 Å². The number of para-hydroxylation sites is 1. The van der Waals surface area contributed by atoms with Crippen molar-refractivity contribution in [2.45, 2.75) is 38.3 Å². The molecule has 0 radical (unpaired) electrons. The zero-order chi connectivity index (χ0) is 25.8. The van der Waals surface area contributed by atoms with Gasteiger partial charge in [-0.2, -0.15) is 0 Å². The van der Waals surface area contributed by atoms with Crippen molar-refractivity contribution >= 4 is 23.2 Å². The number of hydrogen-bond donors (Lipinski definition) is 0. The van der Waals surface area contributed by atoms with Crippen LogP contribution in [0.1, 0.15) is 45.2 Å². The predicted molar refractivity (Wildman–Crippen MR) is 140 cm³/mol. The van der Waals surface area contributed by atoms with Crippen molar-refractivity contribution in [3.63, 3.8) is 0 Å². The molecule has 2 aliphatic rings. The van der Waals surface area contributed by atoms with Crippen LogP contribution in [0.25, 0.3) is 0 Å². The Labute approximate surface area is 220 Å². The van der Waals surface area contributed by atoms with Gasteiger partial charge in [0.2, 0.25) is 5.91 Å². The van der Waals surface area contributed by atoms with Gasteiger partial charge in [-0.05, 0) is 67.0 Å². The maximum atomic E-state index is 14.5. The van der Waals surface area contributed by atoms with E-state index in [1.165, 1.54) is 21.9 Å². The Morgan fingerprint density at radius 2 is 1.97 bits per heavy atom. The Hall–Kier alpha value is -3.23. The summed E-state index contributed by atoms with van der Waals surface area (Å²) < 4.78 is 26.4. The summed E-state index contributed by atoms with van der Waals surface area (Å²) in [5.41, 5.74) is 2.08. The highest BCUT2D eigenvalue weighted by Crippen LogP contribution is 2.34. The summed E-state index contributed by atoms with van der Waals surface area (Å²) in [5, 5.41) is 2.05. The molecule has 2 atom stereocenters. The third-order valence-electron chi connectivity index (χ3n) is 7.07. The quantitative estimate of drug-likeness (QED) is 0.417. The highest BCUT2D eigenvalue weighted by Gasteiger charge is 2.35. The fourth-order valence-corrected chi connectivity index (χ4v) is 6.00. The van der Waals surface area contributed by atoms with Gasteiger partial charge in [-0.15, -0.1) is 11.3 Å². The summed E-state index contributed by atoms with van der Waals surface area (Å²) in [6.07, 6.45) is 2.32. The first-order chi connectivity index (χ1) is 18.0. The second-order valence-electron chi connectivity index (χ2n) is 9.53. The Morgan fingerprint density at radius 1 is 1.16 bits per heavy atom. The summed E-state index contributed by atoms with van der Waals surface area (Å²) in [7, 11) is 0. The first-order valence-electron chi connectivity index (χ1n) is 12.7. The van der Waals surface area contributed by atoms with Gasteiger partial charge in [0.1, 0.15) is 24.7 Å². The number of fused-ring (bicyclic) bond motifs is 1. The molecule has 3 heterocycles. The highest BCUT2D eigenvalue weighted by atomic mass is 32.1. The summed E-state index contributed by atoms with van der Waals surface area (Å²) in [6.45, 7) is 3.58. The molecule has 2 aliphatic heterocycles. The van der Waals surface area contributed by atoms with Gasteiger partial charge < -0.3 is 19.3 Å². The molecule has 3 aromatic rings. The number of benzene rings is 2. The van der Waals surface area contributed by atoms with Crippen LogP contribution in [0.5, 0.6) is 5.75 Å². The summed E-state index contributed by atoms with van der Waals surface area (Å²) >= 11 is 1.69. The van der Waals surface area contributed by atoms with Crippen molar-refractivity contribution in [3.05, 3.63) is 87.4 Å². The molecule has 1 aromatic heterocycles. The number of carbonyl (C=O) groups excluding carboxylic acids is 2. The van der Waals surface area contributed by atoms with Gasteiger partial charge in [0.15, 0.2) is 0 Å². The molecule has 0 aliphatic carbocycles. The van der Waals surface area contributed by atoms with E-state index in [0.717, 1.165) is 36.1 Å². The van der Waals surface area contributed by atoms with Gasteiger partial charge in [0.05, 0.1) is 17.7 Å². The van der Waals surface area contributed by atoms with Crippen molar-refractivity contribution in [2.75, 3.05) is 32.8 Å². The number of rotatable bonds is 8. The molecular weight excluding hydrogens is 491 g/mol. The highest BCUT2D eigenvalue weighted by molar-refractivity contribution is 7.10. The number of amides is 2. The van der Waals surface area contributed by atoms with E-state index in [1.54, 1.807) is 23.5 Å². The monoisotopic (exact) mass is 522 g/mol. The number of carbonyl (C=O) groups is 2. The molecule has 0 spiro atoms. The molecule has 8 heteroatoms. The van der Waals surface area contributed by atoms with E-state index in [2.05, 4.69) is 6.07 Å². The van der Waals surface area contributed by atoms with Crippen LogP contribution in [-0.4, -0.2) is 60.6 Å². The van der Waals surface area contributed by atoms with Crippen LogP contribution in [-0.2, 0) is 16.0 Å². The molecule has 194 valence electrons. The van der Waals surface area contributed by atoms with E-state index >= 15 is 0 Å². The zero-order valence-electron chi connectivity index (χ0n) is 20.9. The molecule has 0 N–H and O–H groups in total. The predicted octanol–water partition coefficient (Wildman–Crippen LogP) is 5.02. The maximum Gasteiger partial charge on any atom is 0.257 e. The van der Waals surface area contributed by atoms with Gasteiger partial charge in [0.25, 0.3) is 5.91 Å². The molecule has 0 saturated carbocycles. The number of nitrogens with zero attached hydrogens (tertiary/aromatic N) is 2. The largest absolute Gasteiger partial charge is 0.491 e. The van der Waals surface area contributed by atoms with Crippen molar-refractivity contribution in [3.8, 4) is 5.75 Å². The minimum absolute atomic E-state index is 0.0356. The number of halogens is 1. The summed E-state index contributed by atoms with van der Waals surface area (Å²) in [5.74, 6) is -0.490. The van der Waals surface area contributed by atoms with Gasteiger partial charge in [-0.1, -0.05) is 30.3 Å². The van der Waals surface area contributed by atoms with Crippen LogP contribution in [0.3, 0.4) is 0 Å². The van der Waals surface area contributed by atoms with Crippen molar-refractivity contribution in [1.29, 1.82) is 0 Å². The van der Waals surface area contributed by atoms with Gasteiger partial charge in [-0.3, -0.25) is 9.59 Å². The fourth-order valence-electron chi connectivity index (χ4n) is 5.07. The van der Waals surface area contributed by atoms with E-state index in [4.69, 9.17) is 9.47 Å². The lowest BCUT2D eigenvalue weighted by Gasteiger charge is -2.37. The van der Waals surface area contributed by atoms with Gasteiger partial charge >= 0.3 is 0 Å². The lowest BCUT2D eigenvalue weighted by molar-refractivity contribution is -0.135. The lowest BCUT2D eigenvalue weighted by Crippen LogP contribution is -2.49. The van der Waals surface area contributed by atoms with E-state index in [9.17, 15) is 14.0 Å². The molecule has 0 unspecified atom stereocenters. The average molecular weight is 523 g/mol. The van der Waals surface area contributed by atoms with Crippen LogP contribution in [0, 0.1) is 12.7 Å². The van der Waals surface area contributed by atoms with Crippen LogP contribution >= 0.6 is 11.3 Å². The van der Waals surface area contributed by atoms with E-state index < -0.39 is 11.7 Å². The molecule has 0 bridgehead atoms. The third-order valence-corrected chi connectivity index (χ3v) is 8.07. The van der Waals surface area contributed by atoms with Crippen LogP contribution in [0.2, 0.25) is 0 Å². The molecule has 6 nitrogen and oxygen atoms in total. The van der Waals surface area contributed by atoms with E-state index in [-0.39, 0.29) is 36.7 Å². The van der Waals surface area contributed by atoms with Crippen LogP contribution in [0.15, 0.2) is 60.0 Å². The van der Waals surface area contributed by atoms with Crippen LogP contribution < -0.4 is 4.74 Å². The lowest BCUT2D eigenvalue weighted by atomic mass is 10.00.